The van der Waals surface area contributed by atoms with E-state index in [1.807, 2.05) is 11.7 Å². The Morgan fingerprint density at radius 1 is 1.75 bits per heavy atom. The Morgan fingerprint density at radius 2 is 2.50 bits per heavy atom. The monoisotopic (exact) mass is 165 g/mol. The van der Waals surface area contributed by atoms with Gasteiger partial charge in [0, 0.05) is 13.2 Å². The summed E-state index contributed by atoms with van der Waals surface area (Å²) >= 11 is 0. The van der Waals surface area contributed by atoms with E-state index in [0.29, 0.717) is 11.8 Å². The molecule has 2 unspecified atom stereocenters. The van der Waals surface area contributed by atoms with Crippen molar-refractivity contribution in [3.05, 3.63) is 17.5 Å². The molecule has 1 fully saturated rings. The molecule has 0 radical (unpaired) electrons. The maximum absolute atomic E-state index is 5.59. The number of nitrogens with zero attached hydrogens (tertiary/aromatic N) is 2. The van der Waals surface area contributed by atoms with Crippen LogP contribution in [0, 0.1) is 12.8 Å². The molecule has 1 heterocycles. The van der Waals surface area contributed by atoms with E-state index in [2.05, 4.69) is 18.2 Å². The second-order valence-electron chi connectivity index (χ2n) is 3.68. The Bertz CT molecular complexity index is 290. The number of aryl methyl sites for hydroxylation is 2. The summed E-state index contributed by atoms with van der Waals surface area (Å²) in [5.41, 5.74) is 8.15. The summed E-state index contributed by atoms with van der Waals surface area (Å²) in [6.07, 6.45) is 3.37. The maximum Gasteiger partial charge on any atom is 0.0628 e. The molecule has 1 aliphatic rings. The van der Waals surface area contributed by atoms with E-state index in [-0.39, 0.29) is 0 Å². The zero-order valence-corrected chi connectivity index (χ0v) is 7.62. The van der Waals surface area contributed by atoms with E-state index in [1.165, 1.54) is 17.7 Å². The molecule has 2 N–H and O–H groups in total. The van der Waals surface area contributed by atoms with Crippen LogP contribution in [0.15, 0.2) is 6.20 Å². The molecule has 1 aliphatic carbocycles. The summed E-state index contributed by atoms with van der Waals surface area (Å²) in [5.74, 6) is 1.41. The van der Waals surface area contributed by atoms with Crippen molar-refractivity contribution in [2.75, 3.05) is 6.54 Å². The summed E-state index contributed by atoms with van der Waals surface area (Å²) in [5, 5.41) is 4.32. The van der Waals surface area contributed by atoms with Gasteiger partial charge < -0.3 is 5.73 Å². The lowest BCUT2D eigenvalue weighted by Crippen LogP contribution is -2.01. The highest BCUT2D eigenvalue weighted by Crippen LogP contribution is 2.47. The fourth-order valence-electron chi connectivity index (χ4n) is 1.87. The van der Waals surface area contributed by atoms with Gasteiger partial charge in [-0.25, -0.2) is 0 Å². The minimum absolute atomic E-state index is 0.698. The van der Waals surface area contributed by atoms with Gasteiger partial charge in [-0.1, -0.05) is 0 Å². The van der Waals surface area contributed by atoms with Gasteiger partial charge in [-0.2, -0.15) is 5.10 Å². The van der Waals surface area contributed by atoms with Crippen molar-refractivity contribution in [1.29, 1.82) is 0 Å². The average Bonchev–Trinajstić information content (AvgIpc) is 2.72. The van der Waals surface area contributed by atoms with Gasteiger partial charge >= 0.3 is 0 Å². The third-order valence-electron chi connectivity index (χ3n) is 2.68. The predicted molar refractivity (Wildman–Crippen MR) is 47.8 cm³/mol. The maximum atomic E-state index is 5.59. The third kappa shape index (κ3) is 1.14. The van der Waals surface area contributed by atoms with Crippen LogP contribution in [-0.4, -0.2) is 16.3 Å². The van der Waals surface area contributed by atoms with E-state index in [1.54, 1.807) is 0 Å². The molecule has 0 saturated heterocycles. The molecule has 2 atom stereocenters. The van der Waals surface area contributed by atoms with Crippen molar-refractivity contribution in [3.63, 3.8) is 0 Å². The van der Waals surface area contributed by atoms with Gasteiger partial charge in [-0.15, -0.1) is 0 Å². The molecule has 0 bridgehead atoms. The van der Waals surface area contributed by atoms with Gasteiger partial charge in [-0.3, -0.25) is 4.68 Å². The summed E-state index contributed by atoms with van der Waals surface area (Å²) < 4.78 is 1.89. The smallest absolute Gasteiger partial charge is 0.0628 e. The standard InChI is InChI=1S/C9H15N3/c1-6-9(5-12(2)11-6)8-3-7(8)4-10/h5,7-8H,3-4,10H2,1-2H3. The predicted octanol–water partition coefficient (Wildman–Crippen LogP) is 0.791. The number of aromatic nitrogens is 2. The summed E-state index contributed by atoms with van der Waals surface area (Å²) in [6.45, 7) is 2.89. The van der Waals surface area contributed by atoms with Crippen LogP contribution in [0.2, 0.25) is 0 Å². The van der Waals surface area contributed by atoms with Gasteiger partial charge in [-0.05, 0) is 37.3 Å². The highest BCUT2D eigenvalue weighted by atomic mass is 15.2. The summed E-state index contributed by atoms with van der Waals surface area (Å²) in [4.78, 5) is 0. The first kappa shape index (κ1) is 7.80. The zero-order valence-electron chi connectivity index (χ0n) is 7.62. The molecular formula is C9H15N3. The minimum atomic E-state index is 0.698. The van der Waals surface area contributed by atoms with Crippen molar-refractivity contribution >= 4 is 0 Å². The Balaban J connectivity index is 2.19. The van der Waals surface area contributed by atoms with Crippen LogP contribution in [0.3, 0.4) is 0 Å². The van der Waals surface area contributed by atoms with Crippen molar-refractivity contribution in [2.24, 2.45) is 18.7 Å². The first-order valence-corrected chi connectivity index (χ1v) is 4.42. The largest absolute Gasteiger partial charge is 0.330 e. The van der Waals surface area contributed by atoms with E-state index in [0.717, 1.165) is 6.54 Å². The quantitative estimate of drug-likeness (QED) is 0.704. The van der Waals surface area contributed by atoms with Crippen LogP contribution >= 0.6 is 0 Å². The normalized spacial score (nSPS) is 27.6. The molecule has 12 heavy (non-hydrogen) atoms. The van der Waals surface area contributed by atoms with E-state index < -0.39 is 0 Å². The van der Waals surface area contributed by atoms with Gasteiger partial charge in [0.1, 0.15) is 0 Å². The molecule has 1 aromatic heterocycles. The minimum Gasteiger partial charge on any atom is -0.330 e. The second-order valence-corrected chi connectivity index (χ2v) is 3.68. The van der Waals surface area contributed by atoms with Crippen LogP contribution in [0.1, 0.15) is 23.6 Å². The molecule has 1 aromatic rings. The summed E-state index contributed by atoms with van der Waals surface area (Å²) in [7, 11) is 1.97. The van der Waals surface area contributed by atoms with Gasteiger partial charge in [0.25, 0.3) is 0 Å². The number of nitrogens with two attached hydrogens (primary N) is 1. The lowest BCUT2D eigenvalue weighted by atomic mass is 10.1. The van der Waals surface area contributed by atoms with E-state index in [9.17, 15) is 0 Å². The van der Waals surface area contributed by atoms with Crippen molar-refractivity contribution in [2.45, 2.75) is 19.3 Å². The SMILES string of the molecule is Cc1nn(C)cc1C1CC1CN. The van der Waals surface area contributed by atoms with Crippen molar-refractivity contribution < 1.29 is 0 Å². The molecular weight excluding hydrogens is 150 g/mol. The second kappa shape index (κ2) is 2.59. The molecule has 1 saturated carbocycles. The molecule has 3 nitrogen and oxygen atoms in total. The number of hydrogen-bond acceptors (Lipinski definition) is 2. The van der Waals surface area contributed by atoms with Crippen LogP contribution < -0.4 is 5.73 Å². The van der Waals surface area contributed by atoms with E-state index in [4.69, 9.17) is 5.73 Å². The Kier molecular flexibility index (Phi) is 1.68. The molecule has 0 aromatic carbocycles. The molecule has 2 rings (SSSR count). The first-order chi connectivity index (χ1) is 5.72. The molecule has 0 aliphatic heterocycles. The lowest BCUT2D eigenvalue weighted by molar-refractivity contribution is 0.756. The molecule has 0 spiro atoms. The van der Waals surface area contributed by atoms with Crippen molar-refractivity contribution in [3.8, 4) is 0 Å². The van der Waals surface area contributed by atoms with Gasteiger partial charge in [0.2, 0.25) is 0 Å². The Hall–Kier alpha value is -0.830. The Morgan fingerprint density at radius 3 is 2.92 bits per heavy atom. The topological polar surface area (TPSA) is 43.8 Å². The van der Waals surface area contributed by atoms with Crippen LogP contribution in [-0.2, 0) is 7.05 Å². The average molecular weight is 165 g/mol. The highest BCUT2D eigenvalue weighted by Gasteiger charge is 2.38. The number of rotatable bonds is 2. The van der Waals surface area contributed by atoms with Crippen LogP contribution in [0.25, 0.3) is 0 Å². The lowest BCUT2D eigenvalue weighted by Gasteiger charge is -1.93. The van der Waals surface area contributed by atoms with Gasteiger partial charge in [0.15, 0.2) is 0 Å². The zero-order chi connectivity index (χ0) is 8.72. The molecule has 3 heteroatoms. The van der Waals surface area contributed by atoms with E-state index >= 15 is 0 Å². The fourth-order valence-corrected chi connectivity index (χ4v) is 1.87. The van der Waals surface area contributed by atoms with Crippen LogP contribution in [0.4, 0.5) is 0 Å². The van der Waals surface area contributed by atoms with Crippen LogP contribution in [0.5, 0.6) is 0 Å². The number of hydrogen-bond donors (Lipinski definition) is 1. The first-order valence-electron chi connectivity index (χ1n) is 4.42. The fraction of sp³-hybridized carbons (Fsp3) is 0.667. The third-order valence-corrected chi connectivity index (χ3v) is 2.68. The van der Waals surface area contributed by atoms with Gasteiger partial charge in [0.05, 0.1) is 5.69 Å². The highest BCUT2D eigenvalue weighted by molar-refractivity contribution is 5.27. The van der Waals surface area contributed by atoms with Crippen molar-refractivity contribution in [1.82, 2.24) is 9.78 Å². The molecule has 66 valence electrons. The Labute approximate surface area is 72.6 Å². The summed E-state index contributed by atoms with van der Waals surface area (Å²) in [6, 6.07) is 0. The molecule has 0 amide bonds.